The topological polar surface area (TPSA) is 58.2 Å². The Hall–Kier alpha value is -0.480. The smallest absolute Gasteiger partial charge is 0.314 e. The fraction of sp³-hybridized carbons (Fsp3) is 0.800. The van der Waals surface area contributed by atoms with E-state index in [1.807, 2.05) is 0 Å². The molecule has 92 valence electrons. The first-order chi connectivity index (χ1) is 7.54. The van der Waals surface area contributed by atoms with Gasteiger partial charge in [-0.2, -0.15) is 0 Å². The number of carbonyl (C=O) groups excluding carboxylic acids is 2. The summed E-state index contributed by atoms with van der Waals surface area (Å²) in [6, 6.07) is 0. The third kappa shape index (κ3) is 4.58. The second kappa shape index (κ2) is 6.30. The van der Waals surface area contributed by atoms with Gasteiger partial charge in [-0.15, -0.1) is 0 Å². The van der Waals surface area contributed by atoms with E-state index in [-0.39, 0.29) is 0 Å². The molecule has 16 heavy (non-hydrogen) atoms. The molecule has 1 fully saturated rings. The minimum absolute atomic E-state index is 0.341. The number of hydrogen-bond donors (Lipinski definition) is 2. The largest absolute Gasteiger partial charge is 0.340 e. The van der Waals surface area contributed by atoms with Crippen LogP contribution in [0.1, 0.15) is 38.5 Å². The zero-order chi connectivity index (χ0) is 12.0. The van der Waals surface area contributed by atoms with Crippen LogP contribution in [-0.2, 0) is 0 Å². The summed E-state index contributed by atoms with van der Waals surface area (Å²) in [4.78, 5) is 21.7. The van der Waals surface area contributed by atoms with Crippen molar-refractivity contribution < 1.29 is 9.59 Å². The molecule has 0 unspecified atom stereocenters. The standard InChI is InChI=1S/C10H16Cl2N2O2/c11-8(15)13-7-10(14-9(12)16)5-3-1-2-4-6-10/h1-7H2,(H,13,15)(H,14,16). The van der Waals surface area contributed by atoms with Crippen molar-refractivity contribution in [1.82, 2.24) is 10.6 Å². The van der Waals surface area contributed by atoms with Gasteiger partial charge in [-0.3, -0.25) is 9.59 Å². The number of hydrogen-bond acceptors (Lipinski definition) is 2. The molecule has 1 aliphatic carbocycles. The first kappa shape index (κ1) is 13.6. The van der Waals surface area contributed by atoms with Gasteiger partial charge in [-0.25, -0.2) is 0 Å². The summed E-state index contributed by atoms with van der Waals surface area (Å²) in [7, 11) is 0. The molecule has 6 heteroatoms. The average molecular weight is 267 g/mol. The van der Waals surface area contributed by atoms with Crippen LogP contribution in [0.2, 0.25) is 0 Å². The Kier molecular flexibility index (Phi) is 5.35. The number of halogens is 2. The molecule has 0 aromatic rings. The fourth-order valence-corrected chi connectivity index (χ4v) is 2.47. The van der Waals surface area contributed by atoms with Gasteiger partial charge in [-0.05, 0) is 36.0 Å². The second-order valence-corrected chi connectivity index (χ2v) is 4.91. The van der Waals surface area contributed by atoms with Crippen molar-refractivity contribution in [3.8, 4) is 0 Å². The Morgan fingerprint density at radius 1 is 1.00 bits per heavy atom. The van der Waals surface area contributed by atoms with Crippen LogP contribution in [-0.4, -0.2) is 22.8 Å². The van der Waals surface area contributed by atoms with Gasteiger partial charge in [0.25, 0.3) is 0 Å². The lowest BCUT2D eigenvalue weighted by Gasteiger charge is -2.32. The fourth-order valence-electron chi connectivity index (χ4n) is 2.20. The molecule has 0 spiro atoms. The van der Waals surface area contributed by atoms with E-state index in [0.717, 1.165) is 38.5 Å². The van der Waals surface area contributed by atoms with Crippen molar-refractivity contribution in [2.45, 2.75) is 44.1 Å². The summed E-state index contributed by atoms with van der Waals surface area (Å²) in [5.41, 5.74) is -0.431. The number of rotatable bonds is 3. The zero-order valence-electron chi connectivity index (χ0n) is 9.02. The van der Waals surface area contributed by atoms with E-state index in [9.17, 15) is 9.59 Å². The Morgan fingerprint density at radius 2 is 1.56 bits per heavy atom. The average Bonchev–Trinajstić information content (AvgIpc) is 2.40. The summed E-state index contributed by atoms with van der Waals surface area (Å²) in [5, 5.41) is 4.10. The molecule has 0 atom stereocenters. The molecule has 0 aliphatic heterocycles. The Balaban J connectivity index is 2.64. The molecule has 0 heterocycles. The van der Waals surface area contributed by atoms with E-state index in [4.69, 9.17) is 23.2 Å². The van der Waals surface area contributed by atoms with E-state index in [0.29, 0.717) is 6.54 Å². The highest BCUT2D eigenvalue weighted by molar-refractivity contribution is 6.63. The molecule has 0 bridgehead atoms. The van der Waals surface area contributed by atoms with Gasteiger partial charge in [0.2, 0.25) is 0 Å². The summed E-state index contributed by atoms with van der Waals surface area (Å²) < 4.78 is 0. The highest BCUT2D eigenvalue weighted by Crippen LogP contribution is 2.27. The summed E-state index contributed by atoms with van der Waals surface area (Å²) in [6.45, 7) is 0.341. The van der Waals surface area contributed by atoms with Crippen molar-refractivity contribution in [3.63, 3.8) is 0 Å². The molecule has 1 saturated carbocycles. The maximum Gasteiger partial charge on any atom is 0.314 e. The van der Waals surface area contributed by atoms with Crippen molar-refractivity contribution in [3.05, 3.63) is 0 Å². The molecule has 0 aromatic carbocycles. The Bertz CT molecular complexity index is 264. The van der Waals surface area contributed by atoms with Gasteiger partial charge in [0, 0.05) is 6.54 Å². The lowest BCUT2D eigenvalue weighted by molar-refractivity contribution is 0.229. The predicted molar refractivity (Wildman–Crippen MR) is 64.1 cm³/mol. The number of nitrogens with one attached hydrogen (secondary N) is 2. The first-order valence-corrected chi connectivity index (χ1v) is 6.21. The van der Waals surface area contributed by atoms with Gasteiger partial charge < -0.3 is 10.6 Å². The summed E-state index contributed by atoms with van der Waals surface area (Å²) in [6.07, 6.45) is 5.99. The highest BCUT2D eigenvalue weighted by Gasteiger charge is 2.32. The maximum absolute atomic E-state index is 11.0. The molecule has 1 rings (SSSR count). The van der Waals surface area contributed by atoms with Crippen molar-refractivity contribution >= 4 is 33.9 Å². The van der Waals surface area contributed by atoms with Crippen LogP contribution >= 0.6 is 23.2 Å². The Labute approximate surface area is 105 Å². The zero-order valence-corrected chi connectivity index (χ0v) is 10.5. The summed E-state index contributed by atoms with van der Waals surface area (Å²) >= 11 is 10.6. The van der Waals surface area contributed by atoms with Gasteiger partial charge in [0.1, 0.15) is 0 Å². The van der Waals surface area contributed by atoms with E-state index in [2.05, 4.69) is 10.6 Å². The molecule has 2 N–H and O–H groups in total. The van der Waals surface area contributed by atoms with E-state index in [1.165, 1.54) is 0 Å². The van der Waals surface area contributed by atoms with Gasteiger partial charge >= 0.3 is 10.7 Å². The summed E-state index contributed by atoms with van der Waals surface area (Å²) in [5.74, 6) is 0. The van der Waals surface area contributed by atoms with E-state index >= 15 is 0 Å². The third-order valence-corrected chi connectivity index (χ3v) is 3.22. The monoisotopic (exact) mass is 266 g/mol. The van der Waals surface area contributed by atoms with Gasteiger partial charge in [-0.1, -0.05) is 25.7 Å². The minimum atomic E-state index is -0.604. The van der Waals surface area contributed by atoms with Crippen molar-refractivity contribution in [2.75, 3.05) is 6.54 Å². The molecule has 0 saturated heterocycles. The molecule has 4 nitrogen and oxygen atoms in total. The molecule has 0 aromatic heterocycles. The lowest BCUT2D eigenvalue weighted by Crippen LogP contribution is -2.53. The van der Waals surface area contributed by atoms with E-state index < -0.39 is 16.3 Å². The van der Waals surface area contributed by atoms with Crippen molar-refractivity contribution in [2.24, 2.45) is 0 Å². The van der Waals surface area contributed by atoms with Crippen LogP contribution in [0.5, 0.6) is 0 Å². The normalized spacial score (nSPS) is 19.6. The predicted octanol–water partition coefficient (Wildman–Crippen LogP) is 2.98. The second-order valence-electron chi connectivity index (χ2n) is 4.22. The Morgan fingerprint density at radius 3 is 2.00 bits per heavy atom. The first-order valence-electron chi connectivity index (χ1n) is 5.45. The molecule has 1 aliphatic rings. The maximum atomic E-state index is 11.0. The van der Waals surface area contributed by atoms with Crippen LogP contribution in [0.3, 0.4) is 0 Å². The van der Waals surface area contributed by atoms with Crippen LogP contribution in [0.15, 0.2) is 0 Å². The van der Waals surface area contributed by atoms with Crippen molar-refractivity contribution in [1.29, 1.82) is 0 Å². The molecule has 0 radical (unpaired) electrons. The van der Waals surface area contributed by atoms with Crippen LogP contribution in [0.25, 0.3) is 0 Å². The van der Waals surface area contributed by atoms with Gasteiger partial charge in [0.05, 0.1) is 5.54 Å². The van der Waals surface area contributed by atoms with Crippen LogP contribution in [0.4, 0.5) is 9.59 Å². The number of amides is 2. The SMILES string of the molecule is O=C(Cl)NCC1(NC(=O)Cl)CCCCCC1. The van der Waals surface area contributed by atoms with Gasteiger partial charge in [0.15, 0.2) is 0 Å². The lowest BCUT2D eigenvalue weighted by atomic mass is 9.90. The molecule has 2 amide bonds. The van der Waals surface area contributed by atoms with Crippen LogP contribution < -0.4 is 10.6 Å². The van der Waals surface area contributed by atoms with E-state index in [1.54, 1.807) is 0 Å². The third-order valence-electron chi connectivity index (χ3n) is 2.99. The quantitative estimate of drug-likeness (QED) is 0.469. The molecular formula is C10H16Cl2N2O2. The number of carbonyl (C=O) groups is 2. The molecular weight excluding hydrogens is 251 g/mol. The minimum Gasteiger partial charge on any atom is -0.340 e. The highest BCUT2D eigenvalue weighted by atomic mass is 35.5. The van der Waals surface area contributed by atoms with Crippen LogP contribution in [0, 0.1) is 0 Å².